The summed E-state index contributed by atoms with van der Waals surface area (Å²) in [5.74, 6) is 0.751. The van der Waals surface area contributed by atoms with Crippen LogP contribution in [0.1, 0.15) is 5.56 Å². The van der Waals surface area contributed by atoms with E-state index in [1.165, 1.54) is 17.6 Å². The van der Waals surface area contributed by atoms with Gasteiger partial charge in [-0.3, -0.25) is 0 Å². The predicted octanol–water partition coefficient (Wildman–Crippen LogP) is 5.91. The zero-order valence-corrected chi connectivity index (χ0v) is 17.3. The second-order valence-corrected chi connectivity index (χ2v) is 7.76. The first-order chi connectivity index (χ1) is 15.2. The molecule has 0 saturated heterocycles. The van der Waals surface area contributed by atoms with Crippen LogP contribution in [0.2, 0.25) is 0 Å². The summed E-state index contributed by atoms with van der Waals surface area (Å²) in [7, 11) is 1.62. The molecular weight excluding hydrogens is 410 g/mol. The fourth-order valence-electron chi connectivity index (χ4n) is 3.27. The highest BCUT2D eigenvalue weighted by Crippen LogP contribution is 2.30. The van der Waals surface area contributed by atoms with Crippen LogP contribution in [0.15, 0.2) is 87.0 Å². The van der Waals surface area contributed by atoms with Gasteiger partial charge in [-0.25, -0.2) is 14.8 Å². The van der Waals surface area contributed by atoms with Crippen molar-refractivity contribution in [3.8, 4) is 5.75 Å². The van der Waals surface area contributed by atoms with E-state index < -0.39 is 5.63 Å². The number of hydrogen-bond acceptors (Lipinski definition) is 7. The number of thiazole rings is 1. The first-order valence-electron chi connectivity index (χ1n) is 9.58. The van der Waals surface area contributed by atoms with Crippen molar-refractivity contribution in [1.82, 2.24) is 4.98 Å². The van der Waals surface area contributed by atoms with E-state index in [1.807, 2.05) is 66.7 Å². The number of benzene rings is 3. The number of aromatic nitrogens is 1. The number of fused-ring (bicyclic) bond motifs is 2. The van der Waals surface area contributed by atoms with Crippen LogP contribution in [0.4, 0.5) is 16.5 Å². The summed E-state index contributed by atoms with van der Waals surface area (Å²) < 4.78 is 11.8. The molecular formula is C24H17N3O3S. The molecule has 0 amide bonds. The molecule has 0 unspecified atom stereocenters. The van der Waals surface area contributed by atoms with Crippen LogP contribution >= 0.6 is 11.3 Å². The molecule has 0 aliphatic heterocycles. The van der Waals surface area contributed by atoms with Crippen molar-refractivity contribution >= 4 is 55.2 Å². The van der Waals surface area contributed by atoms with Crippen LogP contribution in [0.25, 0.3) is 21.2 Å². The molecule has 0 spiro atoms. The average molecular weight is 427 g/mol. The molecule has 0 fully saturated rings. The van der Waals surface area contributed by atoms with E-state index in [2.05, 4.69) is 15.3 Å². The second-order valence-electron chi connectivity index (χ2n) is 6.75. The Morgan fingerprint density at radius 1 is 1.03 bits per heavy atom. The van der Waals surface area contributed by atoms with Gasteiger partial charge in [-0.2, -0.15) is 0 Å². The summed E-state index contributed by atoms with van der Waals surface area (Å²) in [6.07, 6.45) is 1.52. The summed E-state index contributed by atoms with van der Waals surface area (Å²) >= 11 is 1.46. The number of aliphatic imine (C=N–C) groups is 1. The number of para-hydroxylation sites is 2. The van der Waals surface area contributed by atoms with Gasteiger partial charge in [-0.1, -0.05) is 35.6 Å². The first-order valence-corrected chi connectivity index (χ1v) is 10.4. The Balaban J connectivity index is 1.61. The number of nitrogens with zero attached hydrogens (tertiary/aromatic N) is 2. The third-order valence-electron chi connectivity index (χ3n) is 4.79. The minimum atomic E-state index is -0.473. The molecule has 0 aliphatic rings. The second kappa shape index (κ2) is 8.04. The van der Waals surface area contributed by atoms with E-state index in [0.717, 1.165) is 27.0 Å². The standard InChI is InChI=1S/C24H17N3O3S/c1-29-16-12-10-15(11-13-16)26-22-17-6-2-4-8-20(17)30-23(28)18(22)14-25-24-27-19-7-3-5-9-21(19)31-24/h2-14,26H,1H3. The number of hydrogen-bond donors (Lipinski definition) is 1. The number of methoxy groups -OCH3 is 1. The average Bonchev–Trinajstić information content (AvgIpc) is 3.22. The monoisotopic (exact) mass is 427 g/mol. The van der Waals surface area contributed by atoms with Crippen LogP contribution in [-0.2, 0) is 0 Å². The smallest absolute Gasteiger partial charge is 0.347 e. The molecule has 0 bridgehead atoms. The number of rotatable bonds is 5. The maximum absolute atomic E-state index is 12.8. The largest absolute Gasteiger partial charge is 0.497 e. The highest BCUT2D eigenvalue weighted by molar-refractivity contribution is 7.22. The fourth-order valence-corrected chi connectivity index (χ4v) is 4.08. The molecule has 1 N–H and O–H groups in total. The van der Waals surface area contributed by atoms with E-state index in [-0.39, 0.29) is 0 Å². The topological polar surface area (TPSA) is 76.7 Å². The molecule has 31 heavy (non-hydrogen) atoms. The number of nitrogens with one attached hydrogen (secondary N) is 1. The lowest BCUT2D eigenvalue weighted by atomic mass is 10.1. The summed E-state index contributed by atoms with van der Waals surface area (Å²) in [5, 5.41) is 4.70. The normalized spacial score (nSPS) is 11.4. The lowest BCUT2D eigenvalue weighted by molar-refractivity contribution is 0.415. The van der Waals surface area contributed by atoms with E-state index in [9.17, 15) is 4.79 Å². The Hall–Kier alpha value is -3.97. The van der Waals surface area contributed by atoms with Gasteiger partial charge in [0.2, 0.25) is 5.13 Å². The van der Waals surface area contributed by atoms with E-state index >= 15 is 0 Å². The zero-order chi connectivity index (χ0) is 21.2. The molecule has 2 aromatic heterocycles. The first kappa shape index (κ1) is 19.0. The summed E-state index contributed by atoms with van der Waals surface area (Å²) in [6.45, 7) is 0. The van der Waals surface area contributed by atoms with Crippen LogP contribution < -0.4 is 15.7 Å². The SMILES string of the molecule is COc1ccc(Nc2c(C=Nc3nc4ccccc4s3)c(=O)oc3ccccc23)cc1. The Bertz CT molecular complexity index is 1440. The van der Waals surface area contributed by atoms with Gasteiger partial charge in [0.25, 0.3) is 0 Å². The van der Waals surface area contributed by atoms with Crippen molar-refractivity contribution in [3.05, 3.63) is 88.8 Å². The predicted molar refractivity (Wildman–Crippen MR) is 126 cm³/mol. The van der Waals surface area contributed by atoms with E-state index in [0.29, 0.717) is 22.0 Å². The Labute approximate surface area is 181 Å². The highest BCUT2D eigenvalue weighted by Gasteiger charge is 2.14. The van der Waals surface area contributed by atoms with Crippen molar-refractivity contribution < 1.29 is 9.15 Å². The van der Waals surface area contributed by atoms with E-state index in [4.69, 9.17) is 9.15 Å². The van der Waals surface area contributed by atoms with Crippen molar-refractivity contribution in [2.45, 2.75) is 0 Å². The molecule has 6 nitrogen and oxygen atoms in total. The molecule has 0 saturated carbocycles. The quantitative estimate of drug-likeness (QED) is 0.279. The Morgan fingerprint density at radius 3 is 2.61 bits per heavy atom. The lowest BCUT2D eigenvalue weighted by Gasteiger charge is -2.12. The molecule has 152 valence electrons. The molecule has 0 aliphatic carbocycles. The van der Waals surface area contributed by atoms with E-state index in [1.54, 1.807) is 13.2 Å². The van der Waals surface area contributed by atoms with Crippen LogP contribution in [-0.4, -0.2) is 18.3 Å². The third-order valence-corrected chi connectivity index (χ3v) is 5.74. The number of anilines is 2. The summed E-state index contributed by atoms with van der Waals surface area (Å²) in [4.78, 5) is 21.8. The van der Waals surface area contributed by atoms with Gasteiger partial charge in [0, 0.05) is 17.3 Å². The van der Waals surface area contributed by atoms with Gasteiger partial charge in [0.1, 0.15) is 16.9 Å². The zero-order valence-electron chi connectivity index (χ0n) is 16.5. The minimum absolute atomic E-state index is 0.328. The molecule has 0 radical (unpaired) electrons. The maximum atomic E-state index is 12.8. The van der Waals surface area contributed by atoms with Crippen LogP contribution in [0, 0.1) is 0 Å². The Morgan fingerprint density at radius 2 is 1.81 bits per heavy atom. The van der Waals surface area contributed by atoms with Gasteiger partial charge in [-0.05, 0) is 48.5 Å². The summed E-state index contributed by atoms with van der Waals surface area (Å²) in [6, 6.07) is 22.7. The lowest BCUT2D eigenvalue weighted by Crippen LogP contribution is -2.11. The van der Waals surface area contributed by atoms with Crippen molar-refractivity contribution in [1.29, 1.82) is 0 Å². The minimum Gasteiger partial charge on any atom is -0.497 e. The molecule has 0 atom stereocenters. The number of ether oxygens (including phenoxy) is 1. The van der Waals surface area contributed by atoms with Crippen LogP contribution in [0.5, 0.6) is 5.75 Å². The van der Waals surface area contributed by atoms with Gasteiger partial charge in [0.15, 0.2) is 0 Å². The summed E-state index contributed by atoms with van der Waals surface area (Å²) in [5.41, 5.74) is 2.67. The molecule has 7 heteroatoms. The highest BCUT2D eigenvalue weighted by atomic mass is 32.1. The van der Waals surface area contributed by atoms with Gasteiger partial charge in [-0.15, -0.1) is 0 Å². The maximum Gasteiger partial charge on any atom is 0.347 e. The van der Waals surface area contributed by atoms with Crippen molar-refractivity contribution in [3.63, 3.8) is 0 Å². The van der Waals surface area contributed by atoms with Gasteiger partial charge in [0.05, 0.1) is 23.0 Å². The fraction of sp³-hybridized carbons (Fsp3) is 0.0417. The van der Waals surface area contributed by atoms with Gasteiger partial charge < -0.3 is 14.5 Å². The van der Waals surface area contributed by atoms with Gasteiger partial charge >= 0.3 is 5.63 Å². The van der Waals surface area contributed by atoms with Crippen LogP contribution in [0.3, 0.4) is 0 Å². The Kier molecular flexibility index (Phi) is 4.93. The third kappa shape index (κ3) is 3.78. The van der Waals surface area contributed by atoms with Crippen molar-refractivity contribution in [2.24, 2.45) is 4.99 Å². The molecule has 5 aromatic rings. The molecule has 5 rings (SSSR count). The molecule has 3 aromatic carbocycles. The van der Waals surface area contributed by atoms with Crippen molar-refractivity contribution in [2.75, 3.05) is 12.4 Å². The molecule has 2 heterocycles.